The van der Waals surface area contributed by atoms with Crippen LogP contribution in [-0.2, 0) is 10.0 Å². The maximum Gasteiger partial charge on any atom is 0.242 e. The van der Waals surface area contributed by atoms with E-state index in [2.05, 4.69) is 15.9 Å². The fraction of sp³-hybridized carbons (Fsp3) is 0.143. The number of ether oxygens (including phenoxy) is 1. The average molecular weight is 371 g/mol. The molecule has 0 fully saturated rings. The van der Waals surface area contributed by atoms with Crippen molar-refractivity contribution < 1.29 is 13.2 Å². The smallest absolute Gasteiger partial charge is 0.242 e. The Kier molecular flexibility index (Phi) is 4.55. The number of nitrogens with two attached hydrogens (primary N) is 1. The highest BCUT2D eigenvalue weighted by molar-refractivity contribution is 9.10. The van der Waals surface area contributed by atoms with Crippen molar-refractivity contribution in [3.05, 3.63) is 46.9 Å². The molecule has 112 valence electrons. The lowest BCUT2D eigenvalue weighted by atomic mass is 10.3. The Hall–Kier alpha value is -1.57. The maximum absolute atomic E-state index is 12.0. The minimum absolute atomic E-state index is 0.131. The summed E-state index contributed by atoms with van der Waals surface area (Å²) in [5.41, 5.74) is 6.15. The number of nitrogens with zero attached hydrogens (tertiary/aromatic N) is 1. The number of nitrogen functional groups attached to an aromatic ring is 1. The molecule has 0 saturated carbocycles. The summed E-state index contributed by atoms with van der Waals surface area (Å²) in [7, 11) is -0.566. The lowest BCUT2D eigenvalue weighted by Crippen LogP contribution is -2.22. The molecule has 0 spiro atoms. The van der Waals surface area contributed by atoms with Gasteiger partial charge in [0.2, 0.25) is 10.0 Å². The topological polar surface area (TPSA) is 72.6 Å². The van der Waals surface area contributed by atoms with Crippen molar-refractivity contribution in [2.45, 2.75) is 4.90 Å². The van der Waals surface area contributed by atoms with E-state index in [1.807, 2.05) is 12.1 Å². The fourth-order valence-corrected chi connectivity index (χ4v) is 2.96. The van der Waals surface area contributed by atoms with Gasteiger partial charge in [0.15, 0.2) is 0 Å². The van der Waals surface area contributed by atoms with E-state index in [0.717, 1.165) is 8.78 Å². The van der Waals surface area contributed by atoms with Crippen LogP contribution in [0, 0.1) is 0 Å². The van der Waals surface area contributed by atoms with E-state index >= 15 is 0 Å². The highest BCUT2D eigenvalue weighted by Gasteiger charge is 2.18. The number of hydrogen-bond donors (Lipinski definition) is 1. The number of sulfonamides is 1. The molecule has 0 aliphatic carbocycles. The number of halogens is 1. The van der Waals surface area contributed by atoms with Gasteiger partial charge in [-0.1, -0.05) is 22.0 Å². The first kappa shape index (κ1) is 15.8. The average Bonchev–Trinajstić information content (AvgIpc) is 2.41. The summed E-state index contributed by atoms with van der Waals surface area (Å²) >= 11 is 3.35. The maximum atomic E-state index is 12.0. The first-order valence-corrected chi connectivity index (χ1v) is 8.29. The van der Waals surface area contributed by atoms with Gasteiger partial charge in [-0.05, 0) is 36.4 Å². The molecule has 5 nitrogen and oxygen atoms in total. The van der Waals surface area contributed by atoms with Crippen molar-refractivity contribution in [3.63, 3.8) is 0 Å². The predicted molar refractivity (Wildman–Crippen MR) is 85.9 cm³/mol. The van der Waals surface area contributed by atoms with Gasteiger partial charge in [-0.2, -0.15) is 0 Å². The van der Waals surface area contributed by atoms with Gasteiger partial charge >= 0.3 is 0 Å². The minimum Gasteiger partial charge on any atom is -0.455 e. The lowest BCUT2D eigenvalue weighted by Gasteiger charge is -2.14. The second kappa shape index (κ2) is 6.05. The quantitative estimate of drug-likeness (QED) is 0.839. The van der Waals surface area contributed by atoms with Gasteiger partial charge in [0.1, 0.15) is 11.5 Å². The Morgan fingerprint density at radius 3 is 2.43 bits per heavy atom. The molecule has 0 bridgehead atoms. The highest BCUT2D eigenvalue weighted by atomic mass is 79.9. The summed E-state index contributed by atoms with van der Waals surface area (Å²) < 4.78 is 31.7. The lowest BCUT2D eigenvalue weighted by molar-refractivity contribution is 0.484. The number of rotatable bonds is 4. The molecule has 2 rings (SSSR count). The van der Waals surface area contributed by atoms with Gasteiger partial charge < -0.3 is 10.5 Å². The van der Waals surface area contributed by atoms with Crippen LogP contribution in [0.5, 0.6) is 11.5 Å². The van der Waals surface area contributed by atoms with E-state index < -0.39 is 10.0 Å². The Labute approximate surface area is 132 Å². The molecule has 0 aliphatic rings. The van der Waals surface area contributed by atoms with Crippen LogP contribution in [0.25, 0.3) is 0 Å². The van der Waals surface area contributed by atoms with Crippen LogP contribution in [0.15, 0.2) is 51.8 Å². The van der Waals surface area contributed by atoms with E-state index in [4.69, 9.17) is 10.5 Å². The molecule has 0 amide bonds. The molecule has 0 atom stereocenters. The molecule has 0 aromatic heterocycles. The van der Waals surface area contributed by atoms with Crippen LogP contribution in [-0.4, -0.2) is 26.8 Å². The third-order valence-corrected chi connectivity index (χ3v) is 5.09. The number of anilines is 1. The van der Waals surface area contributed by atoms with E-state index in [0.29, 0.717) is 11.5 Å². The van der Waals surface area contributed by atoms with Crippen molar-refractivity contribution in [1.82, 2.24) is 4.31 Å². The molecular weight excluding hydrogens is 356 g/mol. The summed E-state index contributed by atoms with van der Waals surface area (Å²) in [5, 5.41) is 0. The molecule has 0 saturated heterocycles. The molecule has 0 unspecified atom stereocenters. The van der Waals surface area contributed by atoms with Gasteiger partial charge in [0.05, 0.1) is 10.6 Å². The summed E-state index contributed by atoms with van der Waals surface area (Å²) in [6.45, 7) is 0. The summed E-state index contributed by atoms with van der Waals surface area (Å²) in [6, 6.07) is 11.7. The normalized spacial score (nSPS) is 11.6. The Morgan fingerprint density at radius 2 is 1.86 bits per heavy atom. The molecule has 0 aliphatic heterocycles. The molecule has 2 aromatic rings. The number of benzene rings is 2. The molecule has 0 heterocycles. The van der Waals surface area contributed by atoms with Crippen LogP contribution in [0.3, 0.4) is 0 Å². The molecule has 21 heavy (non-hydrogen) atoms. The van der Waals surface area contributed by atoms with E-state index in [-0.39, 0.29) is 10.6 Å². The summed E-state index contributed by atoms with van der Waals surface area (Å²) in [4.78, 5) is 0.131. The highest BCUT2D eigenvalue weighted by Crippen LogP contribution is 2.31. The van der Waals surface area contributed by atoms with E-state index in [9.17, 15) is 8.42 Å². The first-order valence-electron chi connectivity index (χ1n) is 6.06. The van der Waals surface area contributed by atoms with Gasteiger partial charge in [-0.15, -0.1) is 0 Å². The van der Waals surface area contributed by atoms with Gasteiger partial charge in [0.25, 0.3) is 0 Å². The second-order valence-corrected chi connectivity index (χ2v) is 7.61. The minimum atomic E-state index is -3.51. The number of hydrogen-bond acceptors (Lipinski definition) is 4. The van der Waals surface area contributed by atoms with Crippen molar-refractivity contribution in [1.29, 1.82) is 0 Å². The van der Waals surface area contributed by atoms with Crippen molar-refractivity contribution in [3.8, 4) is 11.5 Å². The van der Waals surface area contributed by atoms with Crippen LogP contribution in [0.1, 0.15) is 0 Å². The van der Waals surface area contributed by atoms with Crippen molar-refractivity contribution in [2.75, 3.05) is 19.8 Å². The van der Waals surface area contributed by atoms with E-state index in [1.165, 1.54) is 26.2 Å². The third kappa shape index (κ3) is 3.55. The summed E-state index contributed by atoms with van der Waals surface area (Å²) in [6.07, 6.45) is 0. The fourth-order valence-electron chi connectivity index (χ4n) is 1.65. The SMILES string of the molecule is CN(C)S(=O)(=O)c1ccc(Oc2cccc(Br)c2)c(N)c1. The van der Waals surface area contributed by atoms with Crippen LogP contribution >= 0.6 is 15.9 Å². The van der Waals surface area contributed by atoms with Gasteiger partial charge in [-0.25, -0.2) is 12.7 Å². The summed E-state index contributed by atoms with van der Waals surface area (Å²) in [5.74, 6) is 1.02. The zero-order chi connectivity index (χ0) is 15.6. The third-order valence-electron chi connectivity index (χ3n) is 2.78. The van der Waals surface area contributed by atoms with E-state index in [1.54, 1.807) is 18.2 Å². The van der Waals surface area contributed by atoms with Crippen LogP contribution in [0.4, 0.5) is 5.69 Å². The molecular formula is C14H15BrN2O3S. The largest absolute Gasteiger partial charge is 0.455 e. The zero-order valence-electron chi connectivity index (χ0n) is 11.6. The van der Waals surface area contributed by atoms with Crippen molar-refractivity contribution in [2.24, 2.45) is 0 Å². The first-order chi connectivity index (χ1) is 9.80. The zero-order valence-corrected chi connectivity index (χ0v) is 14.0. The Morgan fingerprint density at radius 1 is 1.14 bits per heavy atom. The monoisotopic (exact) mass is 370 g/mol. The Bertz CT molecular complexity index is 761. The van der Waals surface area contributed by atoms with Crippen molar-refractivity contribution >= 4 is 31.6 Å². The van der Waals surface area contributed by atoms with Gasteiger partial charge in [-0.3, -0.25) is 0 Å². The second-order valence-electron chi connectivity index (χ2n) is 4.55. The predicted octanol–water partition coefficient (Wildman–Crippen LogP) is 3.07. The standard InChI is InChI=1S/C14H15BrN2O3S/c1-17(2)21(18,19)12-6-7-14(13(16)9-12)20-11-5-3-4-10(15)8-11/h3-9H,16H2,1-2H3. The van der Waals surface area contributed by atoms with Crippen LogP contribution < -0.4 is 10.5 Å². The Balaban J connectivity index is 2.32. The van der Waals surface area contributed by atoms with Crippen LogP contribution in [0.2, 0.25) is 0 Å². The molecule has 2 N–H and O–H groups in total. The molecule has 7 heteroatoms. The van der Waals surface area contributed by atoms with Gasteiger partial charge in [0, 0.05) is 18.6 Å². The molecule has 0 radical (unpaired) electrons. The molecule has 2 aromatic carbocycles.